The molecule has 2 aromatic carbocycles. The zero-order chi connectivity index (χ0) is 22.7. The Bertz CT molecular complexity index is 1220. The summed E-state index contributed by atoms with van der Waals surface area (Å²) in [5.41, 5.74) is 4.00. The molecule has 1 fully saturated rings. The normalized spacial score (nSPS) is 13.7. The Balaban J connectivity index is 1.39. The molecule has 3 aromatic rings. The molecule has 1 aromatic heterocycles. The van der Waals surface area contributed by atoms with Crippen LogP contribution < -0.4 is 20.5 Å². The van der Waals surface area contributed by atoms with Crippen LogP contribution in [0.2, 0.25) is 5.02 Å². The first-order chi connectivity index (χ1) is 15.3. The molecule has 1 saturated carbocycles. The van der Waals surface area contributed by atoms with E-state index < -0.39 is 10.2 Å². The maximum absolute atomic E-state index is 12.4. The van der Waals surface area contributed by atoms with Gasteiger partial charge in [-0.05, 0) is 54.8 Å². The zero-order valence-electron chi connectivity index (χ0n) is 17.1. The molecule has 32 heavy (non-hydrogen) atoms. The number of amides is 2. The van der Waals surface area contributed by atoms with Gasteiger partial charge in [0.1, 0.15) is 0 Å². The van der Waals surface area contributed by atoms with Crippen LogP contribution in [0.4, 0.5) is 10.5 Å². The molecule has 1 heterocycles. The monoisotopic (exact) mass is 474 g/mol. The lowest BCUT2D eigenvalue weighted by Gasteiger charge is -2.11. The molecule has 0 unspecified atom stereocenters. The maximum atomic E-state index is 12.4. The SMILES string of the molecule is NS(=O)(=O)NCc1ccc(NC(=O)NCc2cc(C3CC3)nn2-c2cccc(Cl)c2)cc1. The zero-order valence-corrected chi connectivity index (χ0v) is 18.7. The Morgan fingerprint density at radius 1 is 1.12 bits per heavy atom. The number of urea groups is 1. The van der Waals surface area contributed by atoms with Gasteiger partial charge in [-0.1, -0.05) is 29.8 Å². The average Bonchev–Trinajstić information content (AvgIpc) is 3.51. The van der Waals surface area contributed by atoms with E-state index >= 15 is 0 Å². The fourth-order valence-electron chi connectivity index (χ4n) is 3.21. The van der Waals surface area contributed by atoms with Crippen LogP contribution >= 0.6 is 11.6 Å². The number of nitrogens with one attached hydrogen (secondary N) is 3. The number of anilines is 1. The second kappa shape index (κ2) is 9.29. The van der Waals surface area contributed by atoms with Crippen LogP contribution in [-0.2, 0) is 23.3 Å². The standard InChI is InChI=1S/C21H23ClN6O3S/c22-16-2-1-3-18(10-16)28-19(11-20(27-28)15-6-7-15)13-24-21(29)26-17-8-4-14(5-9-17)12-25-32(23,30)31/h1-5,8-11,15,25H,6-7,12-13H2,(H2,23,30,31)(H2,24,26,29). The Labute approximate surface area is 191 Å². The topological polar surface area (TPSA) is 131 Å². The van der Waals surface area contributed by atoms with Crippen molar-refractivity contribution < 1.29 is 13.2 Å². The van der Waals surface area contributed by atoms with Crippen molar-refractivity contribution in [1.29, 1.82) is 0 Å². The van der Waals surface area contributed by atoms with Gasteiger partial charge >= 0.3 is 6.03 Å². The number of aromatic nitrogens is 2. The summed E-state index contributed by atoms with van der Waals surface area (Å²) in [5, 5.41) is 15.9. The molecule has 0 aliphatic heterocycles. The van der Waals surface area contributed by atoms with Crippen LogP contribution in [0.25, 0.3) is 5.69 Å². The summed E-state index contributed by atoms with van der Waals surface area (Å²) in [6, 6.07) is 15.8. The van der Waals surface area contributed by atoms with Crippen molar-refractivity contribution in [1.82, 2.24) is 19.8 Å². The molecule has 1 aliphatic carbocycles. The number of benzene rings is 2. The van der Waals surface area contributed by atoms with E-state index in [1.807, 2.05) is 28.9 Å². The van der Waals surface area contributed by atoms with E-state index in [-0.39, 0.29) is 19.1 Å². The Morgan fingerprint density at radius 2 is 1.88 bits per heavy atom. The molecule has 168 valence electrons. The minimum Gasteiger partial charge on any atom is -0.332 e. The summed E-state index contributed by atoms with van der Waals surface area (Å²) in [7, 11) is -3.76. The van der Waals surface area contributed by atoms with E-state index in [1.54, 1.807) is 30.3 Å². The second-order valence-electron chi connectivity index (χ2n) is 7.60. The minimum atomic E-state index is -3.76. The predicted molar refractivity (Wildman–Crippen MR) is 123 cm³/mol. The molecule has 0 saturated heterocycles. The highest BCUT2D eigenvalue weighted by Crippen LogP contribution is 2.39. The quantitative estimate of drug-likeness (QED) is 0.399. The van der Waals surface area contributed by atoms with Gasteiger partial charge in [0.25, 0.3) is 10.2 Å². The molecular weight excluding hydrogens is 452 g/mol. The molecular formula is C21H23ClN6O3S. The number of carbonyl (C=O) groups is 1. The highest BCUT2D eigenvalue weighted by atomic mass is 35.5. The lowest BCUT2D eigenvalue weighted by Crippen LogP contribution is -2.30. The Morgan fingerprint density at radius 3 is 2.53 bits per heavy atom. The highest BCUT2D eigenvalue weighted by molar-refractivity contribution is 7.87. The van der Waals surface area contributed by atoms with Gasteiger partial charge in [-0.3, -0.25) is 0 Å². The van der Waals surface area contributed by atoms with Gasteiger partial charge in [-0.2, -0.15) is 18.2 Å². The highest BCUT2D eigenvalue weighted by Gasteiger charge is 2.27. The van der Waals surface area contributed by atoms with Crippen molar-refractivity contribution >= 4 is 33.5 Å². The van der Waals surface area contributed by atoms with Gasteiger partial charge in [0.2, 0.25) is 0 Å². The molecule has 9 nitrogen and oxygen atoms in total. The van der Waals surface area contributed by atoms with Crippen molar-refractivity contribution in [2.75, 3.05) is 5.32 Å². The molecule has 0 bridgehead atoms. The summed E-state index contributed by atoms with van der Waals surface area (Å²) < 4.78 is 26.0. The minimum absolute atomic E-state index is 0.0716. The number of nitrogens with zero attached hydrogens (tertiary/aromatic N) is 2. The first-order valence-electron chi connectivity index (χ1n) is 10.0. The molecule has 2 amide bonds. The summed E-state index contributed by atoms with van der Waals surface area (Å²) in [6.07, 6.45) is 2.26. The summed E-state index contributed by atoms with van der Waals surface area (Å²) in [4.78, 5) is 12.4. The van der Waals surface area contributed by atoms with Crippen molar-refractivity contribution in [3.63, 3.8) is 0 Å². The smallest absolute Gasteiger partial charge is 0.319 e. The third kappa shape index (κ3) is 6.07. The number of rotatable bonds is 8. The number of carbonyl (C=O) groups excluding carboxylic acids is 1. The predicted octanol–water partition coefficient (Wildman–Crippen LogP) is 3.02. The van der Waals surface area contributed by atoms with E-state index in [9.17, 15) is 13.2 Å². The fraction of sp³-hybridized carbons (Fsp3) is 0.238. The molecule has 4 rings (SSSR count). The van der Waals surface area contributed by atoms with Crippen LogP contribution in [0, 0.1) is 0 Å². The maximum Gasteiger partial charge on any atom is 0.319 e. The molecule has 5 N–H and O–H groups in total. The lowest BCUT2D eigenvalue weighted by molar-refractivity contribution is 0.251. The van der Waals surface area contributed by atoms with Crippen LogP contribution in [0.1, 0.15) is 35.7 Å². The van der Waals surface area contributed by atoms with E-state index in [1.165, 1.54) is 0 Å². The van der Waals surface area contributed by atoms with E-state index in [0.29, 0.717) is 22.2 Å². The molecule has 0 atom stereocenters. The van der Waals surface area contributed by atoms with Gasteiger partial charge in [-0.15, -0.1) is 0 Å². The van der Waals surface area contributed by atoms with Gasteiger partial charge < -0.3 is 10.6 Å². The molecule has 0 radical (unpaired) electrons. The molecule has 11 heteroatoms. The van der Waals surface area contributed by atoms with Crippen molar-refractivity contribution in [2.45, 2.75) is 31.8 Å². The van der Waals surface area contributed by atoms with Crippen molar-refractivity contribution in [3.05, 3.63) is 76.6 Å². The van der Waals surface area contributed by atoms with Gasteiger partial charge in [0, 0.05) is 23.2 Å². The number of hydrogen-bond donors (Lipinski definition) is 4. The fourth-order valence-corrected chi connectivity index (χ4v) is 3.76. The van der Waals surface area contributed by atoms with E-state index in [0.717, 1.165) is 29.9 Å². The Hall–Kier alpha value is -2.92. The van der Waals surface area contributed by atoms with Gasteiger partial charge in [0.15, 0.2) is 0 Å². The number of nitrogens with two attached hydrogens (primary N) is 1. The van der Waals surface area contributed by atoms with Crippen LogP contribution in [0.3, 0.4) is 0 Å². The largest absolute Gasteiger partial charge is 0.332 e. The summed E-state index contributed by atoms with van der Waals surface area (Å²) in [6.45, 7) is 0.358. The van der Waals surface area contributed by atoms with Crippen LogP contribution in [0.5, 0.6) is 0 Å². The molecule has 1 aliphatic rings. The van der Waals surface area contributed by atoms with Crippen LogP contribution in [-0.4, -0.2) is 24.2 Å². The number of hydrogen-bond acceptors (Lipinski definition) is 4. The lowest BCUT2D eigenvalue weighted by atomic mass is 10.2. The van der Waals surface area contributed by atoms with Crippen molar-refractivity contribution in [3.8, 4) is 5.69 Å². The molecule has 0 spiro atoms. The second-order valence-corrected chi connectivity index (χ2v) is 9.41. The first kappa shape index (κ1) is 22.3. The van der Waals surface area contributed by atoms with E-state index in [4.69, 9.17) is 21.8 Å². The van der Waals surface area contributed by atoms with Gasteiger partial charge in [-0.25, -0.2) is 14.6 Å². The summed E-state index contributed by atoms with van der Waals surface area (Å²) >= 11 is 6.14. The summed E-state index contributed by atoms with van der Waals surface area (Å²) in [5.74, 6) is 0.477. The van der Waals surface area contributed by atoms with Crippen LogP contribution in [0.15, 0.2) is 54.6 Å². The van der Waals surface area contributed by atoms with Crippen molar-refractivity contribution in [2.24, 2.45) is 5.14 Å². The first-order valence-corrected chi connectivity index (χ1v) is 12.0. The third-order valence-corrected chi connectivity index (χ3v) is 5.75. The third-order valence-electron chi connectivity index (χ3n) is 4.97. The van der Waals surface area contributed by atoms with Gasteiger partial charge in [0.05, 0.1) is 23.6 Å². The number of halogens is 1. The Kier molecular flexibility index (Phi) is 6.47. The average molecular weight is 475 g/mol. The van der Waals surface area contributed by atoms with E-state index in [2.05, 4.69) is 15.4 Å².